The van der Waals surface area contributed by atoms with Crippen molar-refractivity contribution in [2.75, 3.05) is 5.32 Å². The Balaban J connectivity index is 1.55. The maximum atomic E-state index is 5.87. The lowest BCUT2D eigenvalue weighted by molar-refractivity contribution is 0.579. The van der Waals surface area contributed by atoms with E-state index in [1.54, 1.807) is 0 Å². The van der Waals surface area contributed by atoms with Gasteiger partial charge in [0.15, 0.2) is 0 Å². The molecule has 0 aliphatic rings. The minimum Gasteiger partial charge on any atom is -0.413 e. The third-order valence-corrected chi connectivity index (χ3v) is 4.89. The first kappa shape index (κ1) is 18.0. The van der Waals surface area contributed by atoms with Gasteiger partial charge in [-0.1, -0.05) is 60.7 Å². The van der Waals surface area contributed by atoms with Crippen molar-refractivity contribution >= 4 is 16.7 Å². The molecule has 5 rings (SSSR count). The number of fused-ring (bicyclic) bond motifs is 1. The Morgan fingerprint density at radius 2 is 1.40 bits per heavy atom. The number of anilines is 1. The first-order valence-corrected chi connectivity index (χ1v) is 9.75. The average molecular weight is 393 g/mol. The summed E-state index contributed by atoms with van der Waals surface area (Å²) in [6, 6.07) is 27.8. The molecule has 2 aromatic heterocycles. The monoisotopic (exact) mass is 393 g/mol. The SMILES string of the molecule is C[C@H](Nc1nc(-c2nnc(-c3ccccc3)o2)nc2ccccc12)c1ccccc1. The minimum atomic E-state index is 0.0694. The Morgan fingerprint density at radius 3 is 2.20 bits per heavy atom. The first-order chi connectivity index (χ1) is 14.8. The predicted octanol–water partition coefficient (Wildman–Crippen LogP) is 5.52. The molecule has 1 atom stereocenters. The van der Waals surface area contributed by atoms with E-state index < -0.39 is 0 Å². The van der Waals surface area contributed by atoms with Gasteiger partial charge in [-0.15, -0.1) is 10.2 Å². The molecule has 1 N–H and O–H groups in total. The highest BCUT2D eigenvalue weighted by molar-refractivity contribution is 5.90. The zero-order valence-electron chi connectivity index (χ0n) is 16.4. The van der Waals surface area contributed by atoms with E-state index in [2.05, 4.69) is 39.6 Å². The van der Waals surface area contributed by atoms with Crippen LogP contribution in [0.2, 0.25) is 0 Å². The van der Waals surface area contributed by atoms with Gasteiger partial charge in [-0.2, -0.15) is 0 Å². The third-order valence-electron chi connectivity index (χ3n) is 4.89. The number of aromatic nitrogens is 4. The third kappa shape index (κ3) is 3.51. The Morgan fingerprint density at radius 1 is 0.733 bits per heavy atom. The molecule has 0 amide bonds. The highest BCUT2D eigenvalue weighted by Crippen LogP contribution is 2.28. The average Bonchev–Trinajstić information content (AvgIpc) is 3.31. The predicted molar refractivity (Wildman–Crippen MR) is 117 cm³/mol. The summed E-state index contributed by atoms with van der Waals surface area (Å²) in [5.41, 5.74) is 2.84. The summed E-state index contributed by atoms with van der Waals surface area (Å²) in [6.07, 6.45) is 0. The number of nitrogens with zero attached hydrogens (tertiary/aromatic N) is 4. The number of benzene rings is 3. The summed E-state index contributed by atoms with van der Waals surface area (Å²) in [7, 11) is 0. The van der Waals surface area contributed by atoms with Gasteiger partial charge < -0.3 is 9.73 Å². The number of rotatable bonds is 5. The van der Waals surface area contributed by atoms with E-state index in [0.717, 1.165) is 22.3 Å². The van der Waals surface area contributed by atoms with Crippen LogP contribution >= 0.6 is 0 Å². The van der Waals surface area contributed by atoms with Gasteiger partial charge in [0.05, 0.1) is 5.52 Å². The molecule has 0 spiro atoms. The topological polar surface area (TPSA) is 76.7 Å². The van der Waals surface area contributed by atoms with Crippen molar-refractivity contribution in [1.82, 2.24) is 20.2 Å². The zero-order valence-corrected chi connectivity index (χ0v) is 16.4. The summed E-state index contributed by atoms with van der Waals surface area (Å²) in [6.45, 7) is 2.10. The highest BCUT2D eigenvalue weighted by atomic mass is 16.4. The Kier molecular flexibility index (Phi) is 4.65. The van der Waals surface area contributed by atoms with E-state index in [0.29, 0.717) is 11.7 Å². The van der Waals surface area contributed by atoms with E-state index in [9.17, 15) is 0 Å². The van der Waals surface area contributed by atoms with Crippen molar-refractivity contribution in [3.63, 3.8) is 0 Å². The molecule has 146 valence electrons. The molecule has 0 aliphatic heterocycles. The van der Waals surface area contributed by atoms with E-state index in [-0.39, 0.29) is 11.9 Å². The molecular weight excluding hydrogens is 374 g/mol. The number of hydrogen-bond donors (Lipinski definition) is 1. The summed E-state index contributed by atoms with van der Waals surface area (Å²) in [4.78, 5) is 9.37. The van der Waals surface area contributed by atoms with Crippen LogP contribution in [0.25, 0.3) is 34.1 Å². The van der Waals surface area contributed by atoms with Crippen molar-refractivity contribution in [3.8, 4) is 23.2 Å². The van der Waals surface area contributed by atoms with Crippen LogP contribution in [-0.4, -0.2) is 20.2 Å². The van der Waals surface area contributed by atoms with Gasteiger partial charge in [0.2, 0.25) is 11.7 Å². The molecule has 0 unspecified atom stereocenters. The van der Waals surface area contributed by atoms with Crippen LogP contribution in [0.5, 0.6) is 0 Å². The maximum absolute atomic E-state index is 5.87. The van der Waals surface area contributed by atoms with Crippen LogP contribution in [0.3, 0.4) is 0 Å². The van der Waals surface area contributed by atoms with Crippen LogP contribution in [0, 0.1) is 0 Å². The van der Waals surface area contributed by atoms with Crippen molar-refractivity contribution in [2.45, 2.75) is 13.0 Å². The fraction of sp³-hybridized carbons (Fsp3) is 0.0833. The molecule has 6 heteroatoms. The fourth-order valence-electron chi connectivity index (χ4n) is 3.32. The minimum absolute atomic E-state index is 0.0694. The highest BCUT2D eigenvalue weighted by Gasteiger charge is 2.17. The lowest BCUT2D eigenvalue weighted by Crippen LogP contribution is -2.09. The van der Waals surface area contributed by atoms with Crippen molar-refractivity contribution < 1.29 is 4.42 Å². The van der Waals surface area contributed by atoms with Crippen molar-refractivity contribution in [3.05, 3.63) is 90.5 Å². The molecule has 6 nitrogen and oxygen atoms in total. The van der Waals surface area contributed by atoms with Gasteiger partial charge in [0.1, 0.15) is 5.82 Å². The maximum Gasteiger partial charge on any atom is 0.286 e. The summed E-state index contributed by atoms with van der Waals surface area (Å²) in [5, 5.41) is 12.8. The standard InChI is InChI=1S/C24H19N5O/c1-16(17-10-4-2-5-11-17)25-21-19-14-8-9-15-20(19)26-22(27-21)24-29-28-23(30-24)18-12-6-3-7-13-18/h2-16H,1H3,(H,25,26,27)/t16-/m0/s1. The molecule has 30 heavy (non-hydrogen) atoms. The zero-order chi connectivity index (χ0) is 20.3. The molecule has 3 aromatic carbocycles. The molecule has 2 heterocycles. The van der Waals surface area contributed by atoms with Crippen LogP contribution in [0.1, 0.15) is 18.5 Å². The van der Waals surface area contributed by atoms with Crippen LogP contribution in [-0.2, 0) is 0 Å². The van der Waals surface area contributed by atoms with Crippen LogP contribution < -0.4 is 5.32 Å². The Bertz CT molecular complexity index is 1290. The smallest absolute Gasteiger partial charge is 0.286 e. The summed E-state index contributed by atoms with van der Waals surface area (Å²) in [5.74, 6) is 1.85. The second-order valence-electron chi connectivity index (χ2n) is 6.97. The summed E-state index contributed by atoms with van der Waals surface area (Å²) >= 11 is 0. The summed E-state index contributed by atoms with van der Waals surface area (Å²) < 4.78 is 5.87. The lowest BCUT2D eigenvalue weighted by Gasteiger charge is -2.16. The molecule has 0 saturated heterocycles. The Hall–Kier alpha value is -4.06. The van der Waals surface area contributed by atoms with Gasteiger partial charge >= 0.3 is 0 Å². The lowest BCUT2D eigenvalue weighted by atomic mass is 10.1. The Labute approximate surface area is 173 Å². The number of nitrogens with one attached hydrogen (secondary N) is 1. The second-order valence-corrected chi connectivity index (χ2v) is 6.97. The molecule has 0 aliphatic carbocycles. The van der Waals surface area contributed by atoms with Gasteiger partial charge in [0, 0.05) is 17.0 Å². The van der Waals surface area contributed by atoms with Crippen molar-refractivity contribution in [1.29, 1.82) is 0 Å². The van der Waals surface area contributed by atoms with Gasteiger partial charge in [-0.25, -0.2) is 9.97 Å². The molecule has 5 aromatic rings. The fourth-order valence-corrected chi connectivity index (χ4v) is 3.32. The number of para-hydroxylation sites is 1. The van der Waals surface area contributed by atoms with Gasteiger partial charge in [-0.3, -0.25) is 0 Å². The van der Waals surface area contributed by atoms with Crippen LogP contribution in [0.4, 0.5) is 5.82 Å². The normalized spacial score (nSPS) is 12.0. The molecule has 0 saturated carbocycles. The van der Waals surface area contributed by atoms with E-state index in [4.69, 9.17) is 9.40 Å². The molecule has 0 bridgehead atoms. The van der Waals surface area contributed by atoms with E-state index in [1.165, 1.54) is 5.56 Å². The van der Waals surface area contributed by atoms with E-state index in [1.807, 2.05) is 72.8 Å². The molecule has 0 fully saturated rings. The van der Waals surface area contributed by atoms with Crippen molar-refractivity contribution in [2.24, 2.45) is 0 Å². The first-order valence-electron chi connectivity index (χ1n) is 9.75. The second kappa shape index (κ2) is 7.75. The van der Waals surface area contributed by atoms with Gasteiger partial charge in [-0.05, 0) is 36.8 Å². The van der Waals surface area contributed by atoms with Gasteiger partial charge in [0.25, 0.3) is 5.89 Å². The largest absolute Gasteiger partial charge is 0.413 e. The molecular formula is C24H19N5O. The quantitative estimate of drug-likeness (QED) is 0.424. The van der Waals surface area contributed by atoms with E-state index >= 15 is 0 Å². The molecule has 0 radical (unpaired) electrons. The van der Waals surface area contributed by atoms with Crippen LogP contribution in [0.15, 0.2) is 89.3 Å². The number of hydrogen-bond acceptors (Lipinski definition) is 6.